The maximum Gasteiger partial charge on any atom is 0.193 e. The lowest BCUT2D eigenvalue weighted by Gasteiger charge is -2.30. The van der Waals surface area contributed by atoms with Crippen molar-refractivity contribution in [1.82, 2.24) is 4.90 Å². The van der Waals surface area contributed by atoms with Gasteiger partial charge in [0.1, 0.15) is 11.1 Å². The van der Waals surface area contributed by atoms with E-state index in [1.54, 1.807) is 13.8 Å². The van der Waals surface area contributed by atoms with Crippen molar-refractivity contribution in [1.29, 1.82) is 5.26 Å². The number of thioether (sulfide) groups is 1. The zero-order valence-corrected chi connectivity index (χ0v) is 12.8. The monoisotopic (exact) mass is 288 g/mol. The van der Waals surface area contributed by atoms with Gasteiger partial charge in [0.15, 0.2) is 14.7 Å². The molecule has 1 aliphatic rings. The Morgan fingerprint density at radius 2 is 1.83 bits per heavy atom. The van der Waals surface area contributed by atoms with E-state index in [0.717, 1.165) is 25.9 Å². The SMILES string of the molecule is CSC(=C(C#N)S(=O)(=O)C(C)C)N1CCCCC1. The third-order valence-electron chi connectivity index (χ3n) is 3.04. The molecule has 1 aliphatic heterocycles. The Labute approximate surface area is 114 Å². The van der Waals surface area contributed by atoms with Gasteiger partial charge in [-0.05, 0) is 39.4 Å². The number of nitrogens with zero attached hydrogens (tertiary/aromatic N) is 2. The summed E-state index contributed by atoms with van der Waals surface area (Å²) in [4.78, 5) is 1.97. The van der Waals surface area contributed by atoms with Crippen molar-refractivity contribution in [2.75, 3.05) is 19.3 Å². The zero-order chi connectivity index (χ0) is 13.8. The fourth-order valence-electron chi connectivity index (χ4n) is 1.93. The summed E-state index contributed by atoms with van der Waals surface area (Å²) in [6, 6.07) is 1.90. The maximum absolute atomic E-state index is 12.2. The van der Waals surface area contributed by atoms with E-state index in [9.17, 15) is 13.7 Å². The van der Waals surface area contributed by atoms with Gasteiger partial charge in [-0.2, -0.15) is 5.26 Å². The van der Waals surface area contributed by atoms with Gasteiger partial charge < -0.3 is 4.90 Å². The van der Waals surface area contributed by atoms with E-state index in [1.165, 1.54) is 18.2 Å². The first-order valence-electron chi connectivity index (χ1n) is 6.12. The fourth-order valence-corrected chi connectivity index (χ4v) is 4.17. The molecule has 0 aromatic rings. The fraction of sp³-hybridized carbons (Fsp3) is 0.750. The number of sulfone groups is 1. The van der Waals surface area contributed by atoms with Crippen LogP contribution in [-0.2, 0) is 9.84 Å². The standard InChI is InChI=1S/C12H20N2O2S2/c1-10(2)18(15,16)11(9-13)12(17-3)14-7-5-4-6-8-14/h10H,4-8H2,1-3H3. The highest BCUT2D eigenvalue weighted by molar-refractivity contribution is 8.04. The molecule has 0 unspecified atom stereocenters. The predicted molar refractivity (Wildman–Crippen MR) is 75.6 cm³/mol. The number of hydrogen-bond donors (Lipinski definition) is 0. The van der Waals surface area contributed by atoms with E-state index >= 15 is 0 Å². The van der Waals surface area contributed by atoms with Crippen LogP contribution >= 0.6 is 11.8 Å². The lowest BCUT2D eigenvalue weighted by atomic mass is 10.1. The second-order valence-electron chi connectivity index (χ2n) is 4.59. The Morgan fingerprint density at radius 3 is 2.22 bits per heavy atom. The smallest absolute Gasteiger partial charge is 0.193 e. The normalized spacial score (nSPS) is 18.5. The highest BCUT2D eigenvalue weighted by Crippen LogP contribution is 2.29. The summed E-state index contributed by atoms with van der Waals surface area (Å²) in [7, 11) is -3.49. The summed E-state index contributed by atoms with van der Waals surface area (Å²) >= 11 is 1.36. The Bertz CT molecular complexity index is 455. The first-order chi connectivity index (χ1) is 8.45. The molecule has 0 bridgehead atoms. The van der Waals surface area contributed by atoms with Crippen molar-refractivity contribution in [2.45, 2.75) is 38.4 Å². The van der Waals surface area contributed by atoms with Crippen molar-refractivity contribution >= 4 is 21.6 Å². The Morgan fingerprint density at radius 1 is 1.28 bits per heavy atom. The van der Waals surface area contributed by atoms with Gasteiger partial charge in [-0.3, -0.25) is 0 Å². The molecule has 18 heavy (non-hydrogen) atoms. The molecule has 0 aliphatic carbocycles. The second kappa shape index (κ2) is 6.48. The van der Waals surface area contributed by atoms with Crippen LogP contribution < -0.4 is 0 Å². The Kier molecular flexibility index (Phi) is 5.54. The third-order valence-corrected chi connectivity index (χ3v) is 6.11. The quantitative estimate of drug-likeness (QED) is 0.743. The van der Waals surface area contributed by atoms with Crippen LogP contribution in [0.5, 0.6) is 0 Å². The molecule has 0 aromatic heterocycles. The number of allylic oxidation sites excluding steroid dienone is 1. The molecule has 0 spiro atoms. The van der Waals surface area contributed by atoms with Crippen molar-refractivity contribution in [2.24, 2.45) is 0 Å². The van der Waals surface area contributed by atoms with E-state index in [1.807, 2.05) is 17.2 Å². The van der Waals surface area contributed by atoms with Gasteiger partial charge in [0, 0.05) is 13.1 Å². The van der Waals surface area contributed by atoms with Crippen LogP contribution in [0, 0.1) is 11.3 Å². The summed E-state index contributed by atoms with van der Waals surface area (Å²) in [5.74, 6) is 0. The molecule has 1 saturated heterocycles. The minimum atomic E-state index is -3.49. The summed E-state index contributed by atoms with van der Waals surface area (Å²) in [5.41, 5.74) is 0. The van der Waals surface area contributed by atoms with Gasteiger partial charge in [0.2, 0.25) is 0 Å². The molecule has 6 heteroatoms. The molecule has 1 heterocycles. The molecule has 1 fully saturated rings. The predicted octanol–water partition coefficient (Wildman–Crippen LogP) is 2.35. The molecule has 0 N–H and O–H groups in total. The van der Waals surface area contributed by atoms with E-state index in [2.05, 4.69) is 0 Å². The van der Waals surface area contributed by atoms with Crippen LogP contribution in [0.3, 0.4) is 0 Å². The average Bonchev–Trinajstić information content (AvgIpc) is 2.36. The van der Waals surface area contributed by atoms with Crippen molar-refractivity contribution in [3.8, 4) is 6.07 Å². The van der Waals surface area contributed by atoms with Gasteiger partial charge in [-0.15, -0.1) is 11.8 Å². The van der Waals surface area contributed by atoms with E-state index in [4.69, 9.17) is 0 Å². The number of rotatable bonds is 4. The molecular weight excluding hydrogens is 268 g/mol. The maximum atomic E-state index is 12.2. The van der Waals surface area contributed by atoms with Gasteiger partial charge >= 0.3 is 0 Å². The number of hydrogen-bond acceptors (Lipinski definition) is 5. The molecule has 0 aromatic carbocycles. The molecule has 0 amide bonds. The highest BCUT2D eigenvalue weighted by atomic mass is 32.2. The molecule has 1 rings (SSSR count). The average molecular weight is 288 g/mol. The first kappa shape index (κ1) is 15.4. The number of piperidine rings is 1. The van der Waals surface area contributed by atoms with Gasteiger partial charge in [0.25, 0.3) is 0 Å². The largest absolute Gasteiger partial charge is 0.365 e. The third kappa shape index (κ3) is 3.21. The Hall–Kier alpha value is -0.670. The van der Waals surface area contributed by atoms with Crippen LogP contribution in [0.2, 0.25) is 0 Å². The zero-order valence-electron chi connectivity index (χ0n) is 11.1. The van der Waals surface area contributed by atoms with Gasteiger partial charge in [0.05, 0.1) is 5.25 Å². The topological polar surface area (TPSA) is 61.2 Å². The summed E-state index contributed by atoms with van der Waals surface area (Å²) in [5, 5.41) is 9.28. The number of nitriles is 1. The summed E-state index contributed by atoms with van der Waals surface area (Å²) in [6.07, 6.45) is 5.13. The van der Waals surface area contributed by atoms with E-state index in [-0.39, 0.29) is 4.91 Å². The minimum absolute atomic E-state index is 0.0631. The lowest BCUT2D eigenvalue weighted by Crippen LogP contribution is -2.30. The van der Waals surface area contributed by atoms with Crippen LogP contribution in [0.15, 0.2) is 9.93 Å². The van der Waals surface area contributed by atoms with E-state index < -0.39 is 15.1 Å². The van der Waals surface area contributed by atoms with Crippen LogP contribution in [-0.4, -0.2) is 37.9 Å². The lowest BCUT2D eigenvalue weighted by molar-refractivity contribution is 0.302. The van der Waals surface area contributed by atoms with Crippen LogP contribution in [0.4, 0.5) is 0 Å². The van der Waals surface area contributed by atoms with Gasteiger partial charge in [-0.25, -0.2) is 8.42 Å². The molecule has 0 radical (unpaired) electrons. The summed E-state index contributed by atoms with van der Waals surface area (Å²) in [6.45, 7) is 4.91. The molecular formula is C12H20N2O2S2. The molecule has 4 nitrogen and oxygen atoms in total. The highest BCUT2D eigenvalue weighted by Gasteiger charge is 2.28. The molecule has 102 valence electrons. The van der Waals surface area contributed by atoms with Crippen LogP contribution in [0.1, 0.15) is 33.1 Å². The first-order valence-corrected chi connectivity index (χ1v) is 8.89. The van der Waals surface area contributed by atoms with Gasteiger partial charge in [-0.1, -0.05) is 0 Å². The van der Waals surface area contributed by atoms with E-state index in [0.29, 0.717) is 5.03 Å². The van der Waals surface area contributed by atoms with Crippen LogP contribution in [0.25, 0.3) is 0 Å². The summed E-state index contributed by atoms with van der Waals surface area (Å²) < 4.78 is 24.4. The van der Waals surface area contributed by atoms with Crippen molar-refractivity contribution in [3.05, 3.63) is 9.93 Å². The second-order valence-corrected chi connectivity index (χ2v) is 7.83. The Balaban J connectivity index is 3.21. The molecule has 0 saturated carbocycles. The molecule has 0 atom stereocenters. The van der Waals surface area contributed by atoms with Crippen molar-refractivity contribution in [3.63, 3.8) is 0 Å². The minimum Gasteiger partial charge on any atom is -0.365 e. The number of likely N-dealkylation sites (tertiary alicyclic amines) is 1. The van der Waals surface area contributed by atoms with Crippen molar-refractivity contribution < 1.29 is 8.42 Å².